The van der Waals surface area contributed by atoms with Crippen LogP contribution in [0, 0.1) is 0 Å². The molecule has 0 heterocycles. The van der Waals surface area contributed by atoms with E-state index >= 15 is 0 Å². The first-order chi connectivity index (χ1) is 3.29. The Kier molecular flexibility index (Phi) is 1.23. The third-order valence-electron chi connectivity index (χ3n) is 0.820. The molecular formula is C4H6F2O. The molecule has 0 aliphatic heterocycles. The van der Waals surface area contributed by atoms with E-state index in [2.05, 4.69) is 4.74 Å². The molecule has 0 atom stereocenters. The summed E-state index contributed by atoms with van der Waals surface area (Å²) < 4.78 is 26.2. The van der Waals surface area contributed by atoms with Crippen LogP contribution in [0.4, 0.5) is 8.78 Å². The van der Waals surface area contributed by atoms with Crippen LogP contribution in [-0.2, 0) is 4.74 Å². The van der Waals surface area contributed by atoms with Gasteiger partial charge < -0.3 is 4.74 Å². The summed E-state index contributed by atoms with van der Waals surface area (Å²) >= 11 is 0. The van der Waals surface area contributed by atoms with Crippen molar-refractivity contribution in [2.45, 2.75) is 25.6 Å². The first-order valence-electron chi connectivity index (χ1n) is 2.22. The summed E-state index contributed by atoms with van der Waals surface area (Å²) in [6, 6.07) is 0. The van der Waals surface area contributed by atoms with Crippen molar-refractivity contribution in [2.24, 2.45) is 0 Å². The summed E-state index contributed by atoms with van der Waals surface area (Å²) in [5.41, 5.74) is 0. The summed E-state index contributed by atoms with van der Waals surface area (Å²) in [5, 5.41) is 0. The van der Waals surface area contributed by atoms with Crippen LogP contribution in [0.15, 0.2) is 0 Å². The summed E-state index contributed by atoms with van der Waals surface area (Å²) in [4.78, 5) is 0. The fraction of sp³-hybridized carbons (Fsp3) is 1.00. The molecule has 1 fully saturated rings. The van der Waals surface area contributed by atoms with Crippen molar-refractivity contribution in [3.05, 3.63) is 0 Å². The molecule has 1 saturated carbocycles. The lowest BCUT2D eigenvalue weighted by molar-refractivity contribution is -0.136. The van der Waals surface area contributed by atoms with E-state index in [4.69, 9.17) is 0 Å². The van der Waals surface area contributed by atoms with E-state index in [1.165, 1.54) is 0 Å². The second-order valence-electron chi connectivity index (χ2n) is 1.60. The van der Waals surface area contributed by atoms with E-state index in [0.29, 0.717) is 0 Å². The normalized spacial score (nSPS) is 21.0. The van der Waals surface area contributed by atoms with Crippen LogP contribution in [-0.4, -0.2) is 12.7 Å². The minimum absolute atomic E-state index is 0.125. The van der Waals surface area contributed by atoms with Crippen molar-refractivity contribution in [1.29, 1.82) is 0 Å². The highest BCUT2D eigenvalue weighted by Gasteiger charge is 2.25. The van der Waals surface area contributed by atoms with E-state index in [1.54, 1.807) is 0 Å². The van der Waals surface area contributed by atoms with E-state index < -0.39 is 6.61 Å². The largest absolute Gasteiger partial charge is 0.345 e. The van der Waals surface area contributed by atoms with Crippen molar-refractivity contribution in [3.63, 3.8) is 0 Å². The fourth-order valence-electron chi connectivity index (χ4n) is 0.350. The molecule has 0 amide bonds. The van der Waals surface area contributed by atoms with Crippen LogP contribution >= 0.6 is 0 Å². The lowest BCUT2D eigenvalue weighted by Gasteiger charge is -1.94. The third-order valence-corrected chi connectivity index (χ3v) is 0.820. The highest BCUT2D eigenvalue weighted by molar-refractivity contribution is 4.72. The molecule has 0 aromatic heterocycles. The molecule has 0 aromatic rings. The predicted molar refractivity (Wildman–Crippen MR) is 20.1 cm³/mol. The molecular weight excluding hydrogens is 102 g/mol. The Morgan fingerprint density at radius 3 is 2.14 bits per heavy atom. The van der Waals surface area contributed by atoms with Crippen molar-refractivity contribution in [3.8, 4) is 0 Å². The number of hydrogen-bond acceptors (Lipinski definition) is 1. The summed E-state index contributed by atoms with van der Waals surface area (Å²) in [5.74, 6) is 0. The van der Waals surface area contributed by atoms with Crippen molar-refractivity contribution in [1.82, 2.24) is 0 Å². The van der Waals surface area contributed by atoms with Gasteiger partial charge in [-0.3, -0.25) is 0 Å². The van der Waals surface area contributed by atoms with Gasteiger partial charge in [0.1, 0.15) is 0 Å². The van der Waals surface area contributed by atoms with Gasteiger partial charge in [0.25, 0.3) is 0 Å². The molecule has 7 heavy (non-hydrogen) atoms. The number of ether oxygens (including phenoxy) is 1. The Bertz CT molecular complexity index is 60.7. The molecule has 0 aromatic carbocycles. The van der Waals surface area contributed by atoms with Crippen molar-refractivity contribution < 1.29 is 13.5 Å². The maximum absolute atomic E-state index is 11.1. The molecule has 0 saturated heterocycles. The number of alkyl halides is 2. The van der Waals surface area contributed by atoms with Gasteiger partial charge in [-0.25, -0.2) is 0 Å². The molecule has 42 valence electrons. The van der Waals surface area contributed by atoms with E-state index in [-0.39, 0.29) is 6.10 Å². The summed E-state index contributed by atoms with van der Waals surface area (Å²) in [6.07, 6.45) is 1.49. The Hall–Kier alpha value is -0.180. The third kappa shape index (κ3) is 1.83. The maximum atomic E-state index is 11.1. The van der Waals surface area contributed by atoms with Gasteiger partial charge in [0.15, 0.2) is 0 Å². The van der Waals surface area contributed by atoms with E-state index in [1.807, 2.05) is 0 Å². The van der Waals surface area contributed by atoms with Crippen LogP contribution in [0.3, 0.4) is 0 Å². The van der Waals surface area contributed by atoms with Crippen molar-refractivity contribution >= 4 is 0 Å². The molecule has 1 aliphatic carbocycles. The van der Waals surface area contributed by atoms with Gasteiger partial charge in [0.05, 0.1) is 6.10 Å². The van der Waals surface area contributed by atoms with Crippen LogP contribution < -0.4 is 0 Å². The quantitative estimate of drug-likeness (QED) is 0.519. The zero-order valence-corrected chi connectivity index (χ0v) is 3.73. The molecule has 3 heteroatoms. The van der Waals surface area contributed by atoms with Gasteiger partial charge >= 0.3 is 6.61 Å². The van der Waals surface area contributed by atoms with Gasteiger partial charge in [0.2, 0.25) is 0 Å². The van der Waals surface area contributed by atoms with Crippen LogP contribution in [0.25, 0.3) is 0 Å². The first-order valence-corrected chi connectivity index (χ1v) is 2.22. The Morgan fingerprint density at radius 2 is 2.00 bits per heavy atom. The Balaban J connectivity index is 1.97. The lowest BCUT2D eigenvalue weighted by atomic mass is 10.8. The number of hydrogen-bond donors (Lipinski definition) is 0. The predicted octanol–water partition coefficient (Wildman–Crippen LogP) is 1.39. The molecule has 0 radical (unpaired) electrons. The van der Waals surface area contributed by atoms with Crippen molar-refractivity contribution in [2.75, 3.05) is 0 Å². The molecule has 1 rings (SSSR count). The fourth-order valence-corrected chi connectivity index (χ4v) is 0.350. The second-order valence-corrected chi connectivity index (χ2v) is 1.60. The van der Waals surface area contributed by atoms with Gasteiger partial charge in [-0.15, -0.1) is 0 Å². The van der Waals surface area contributed by atoms with E-state index in [0.717, 1.165) is 12.8 Å². The second kappa shape index (κ2) is 1.74. The average molecular weight is 108 g/mol. The molecule has 0 unspecified atom stereocenters. The van der Waals surface area contributed by atoms with Gasteiger partial charge in [0, 0.05) is 0 Å². The van der Waals surface area contributed by atoms with E-state index in [9.17, 15) is 8.78 Å². The highest BCUT2D eigenvalue weighted by Crippen LogP contribution is 2.25. The number of rotatable bonds is 2. The topological polar surface area (TPSA) is 9.23 Å². The SMILES string of the molecule is FC(F)OC1CC1. The molecule has 0 spiro atoms. The summed E-state index contributed by atoms with van der Waals surface area (Å²) in [6.45, 7) is -2.56. The minimum atomic E-state index is -2.56. The zero-order valence-electron chi connectivity index (χ0n) is 3.73. The first kappa shape index (κ1) is 4.97. The summed E-state index contributed by atoms with van der Waals surface area (Å²) in [7, 11) is 0. The van der Waals surface area contributed by atoms with Gasteiger partial charge in [-0.2, -0.15) is 8.78 Å². The Labute approximate surface area is 40.3 Å². The lowest BCUT2D eigenvalue weighted by Crippen LogP contribution is -1.99. The molecule has 0 N–H and O–H groups in total. The highest BCUT2D eigenvalue weighted by atomic mass is 19.3. The smallest absolute Gasteiger partial charge is 0.320 e. The van der Waals surface area contributed by atoms with Crippen LogP contribution in [0.2, 0.25) is 0 Å². The maximum Gasteiger partial charge on any atom is 0.345 e. The van der Waals surface area contributed by atoms with Gasteiger partial charge in [-0.05, 0) is 12.8 Å². The molecule has 0 bridgehead atoms. The Morgan fingerprint density at radius 1 is 1.43 bits per heavy atom. The molecule has 1 nitrogen and oxygen atoms in total. The minimum Gasteiger partial charge on any atom is -0.320 e. The average Bonchev–Trinajstić information content (AvgIpc) is 2.17. The standard InChI is InChI=1S/C4H6F2O/c5-4(6)7-3-1-2-3/h3-4H,1-2H2. The number of halogens is 2. The van der Waals surface area contributed by atoms with Crippen LogP contribution in [0.5, 0.6) is 0 Å². The van der Waals surface area contributed by atoms with Crippen LogP contribution in [0.1, 0.15) is 12.8 Å². The zero-order chi connectivity index (χ0) is 5.28. The van der Waals surface area contributed by atoms with Gasteiger partial charge in [-0.1, -0.05) is 0 Å². The molecule has 1 aliphatic rings. The monoisotopic (exact) mass is 108 g/mol.